The number of amides is 2. The highest BCUT2D eigenvalue weighted by Gasteiger charge is 2.38. The minimum absolute atomic E-state index is 0.0524. The number of pyridine rings is 1. The fraction of sp³-hybridized carbons (Fsp3) is 0.152. The van der Waals surface area contributed by atoms with E-state index in [-0.39, 0.29) is 75.9 Å². The number of anilines is 2. The van der Waals surface area contributed by atoms with Gasteiger partial charge in [0.2, 0.25) is 28.8 Å². The number of nitrogens with zero attached hydrogens (tertiary/aromatic N) is 4. The van der Waals surface area contributed by atoms with E-state index in [0.29, 0.717) is 16.9 Å². The molecule has 0 saturated heterocycles. The maximum Gasteiger partial charge on any atom is 0.377 e. The zero-order valence-electron chi connectivity index (χ0n) is 38.2. The quantitative estimate of drug-likeness (QED) is 0.0559. The summed E-state index contributed by atoms with van der Waals surface area (Å²) in [5.74, 6) is -9.09. The standard InChI is InChI=1S/C19H19N7O6.C15H10O7.C6H6N2O.C6H8O6/c20-19-25-15-14(17(30)26-19)23-11(8-22-15)7-21-10-3-1-9(2-4-10)16(29)24-12(18(31)32)5-6-13(27)28;16-7-4-10(19)12-11(5-7)22-15(14(21)13(12)20)6-1-2-8(17)9(18)3-6;7-6(9)5-2-1-3-8-4-5;7-1-2(8)5-3(9)4(10)6(11)12-5/h1-4,8,12,21H,5-7H2,(H,24,29)(H,27,28)(H,31,32)(H3,20,22,25,26,30);1-5,16-19,21H;1-4H,(H2,7,9);2,5,7-10H,1H2/t12-;;;2-,5+/m0..0/s1. The predicted octanol–water partition coefficient (Wildman–Crippen LogP) is 0.716. The minimum atomic E-state index is -1.42. The monoisotopic (exact) mass is 1040 g/mol. The van der Waals surface area contributed by atoms with Crippen LogP contribution in [-0.2, 0) is 25.7 Å². The number of fused-ring (bicyclic) bond motifs is 2. The average molecular weight is 1040 g/mol. The lowest BCUT2D eigenvalue weighted by Gasteiger charge is -2.14. The van der Waals surface area contributed by atoms with Crippen molar-refractivity contribution in [1.29, 1.82) is 0 Å². The van der Waals surface area contributed by atoms with Gasteiger partial charge in [0.15, 0.2) is 40.3 Å². The Morgan fingerprint density at radius 2 is 1.55 bits per heavy atom. The molecule has 0 bridgehead atoms. The second-order valence-corrected chi connectivity index (χ2v) is 15.3. The number of nitrogens with one attached hydrogen (secondary N) is 3. The number of phenolic OH excluding ortho intramolecular Hbond substituents is 4. The Morgan fingerprint density at radius 3 is 2.12 bits per heavy atom. The number of H-pyrrole nitrogens is 1. The van der Waals surface area contributed by atoms with Gasteiger partial charge >= 0.3 is 17.9 Å². The van der Waals surface area contributed by atoms with Gasteiger partial charge in [-0.05, 0) is 61.0 Å². The Morgan fingerprint density at radius 1 is 0.840 bits per heavy atom. The highest BCUT2D eigenvalue weighted by molar-refractivity contribution is 5.97. The molecule has 2 amide bonds. The minimum Gasteiger partial charge on any atom is -0.508 e. The van der Waals surface area contributed by atoms with Gasteiger partial charge in [-0.3, -0.25) is 33.9 Å². The largest absolute Gasteiger partial charge is 0.508 e. The van der Waals surface area contributed by atoms with Gasteiger partial charge in [0.25, 0.3) is 11.5 Å². The molecule has 0 saturated carbocycles. The number of aromatic nitrogens is 5. The summed E-state index contributed by atoms with van der Waals surface area (Å²) in [5, 5.41) is 106. The van der Waals surface area contributed by atoms with Crippen molar-refractivity contribution in [1.82, 2.24) is 30.2 Å². The summed E-state index contributed by atoms with van der Waals surface area (Å²) in [6.45, 7) is -0.441. The first-order valence-electron chi connectivity index (χ1n) is 21.2. The number of nitrogens with two attached hydrogens (primary N) is 2. The van der Waals surface area contributed by atoms with Crippen LogP contribution in [0.4, 0.5) is 11.6 Å². The number of carboxylic acid groups (broad SMARTS) is 2. The molecule has 7 aromatic rings. The molecule has 8 rings (SSSR count). The number of hydrogen-bond donors (Lipinski definition) is 16. The van der Waals surface area contributed by atoms with Crippen molar-refractivity contribution in [3.8, 4) is 40.1 Å². The van der Waals surface area contributed by atoms with Gasteiger partial charge in [-0.15, -0.1) is 0 Å². The summed E-state index contributed by atoms with van der Waals surface area (Å²) in [6, 6.07) is 13.8. The van der Waals surface area contributed by atoms with Crippen molar-refractivity contribution in [2.45, 2.75) is 37.6 Å². The fourth-order valence-electron chi connectivity index (χ4n) is 6.22. The third-order valence-corrected chi connectivity index (χ3v) is 9.95. The van der Waals surface area contributed by atoms with Crippen molar-refractivity contribution in [3.63, 3.8) is 0 Å². The van der Waals surface area contributed by atoms with E-state index in [1.54, 1.807) is 30.5 Å². The molecular formula is C46H43N9O20. The molecule has 0 spiro atoms. The molecule has 5 heterocycles. The number of esters is 1. The first-order valence-corrected chi connectivity index (χ1v) is 21.2. The number of cyclic esters (lactones) is 1. The summed E-state index contributed by atoms with van der Waals surface area (Å²) >= 11 is 0. The number of phenols is 4. The second kappa shape index (κ2) is 24.5. The molecule has 3 aromatic carbocycles. The number of aliphatic carboxylic acids is 2. The molecule has 0 unspecified atom stereocenters. The third kappa shape index (κ3) is 14.3. The van der Waals surface area contributed by atoms with Gasteiger partial charge < -0.3 is 87.4 Å². The third-order valence-electron chi connectivity index (χ3n) is 9.95. The van der Waals surface area contributed by atoms with E-state index in [2.05, 4.69) is 40.3 Å². The number of hydrogen-bond acceptors (Lipinski definition) is 24. The highest BCUT2D eigenvalue weighted by atomic mass is 16.6. The number of benzene rings is 3. The molecule has 392 valence electrons. The van der Waals surface area contributed by atoms with Crippen molar-refractivity contribution in [3.05, 3.63) is 134 Å². The average Bonchev–Trinajstić information content (AvgIpc) is 3.63. The van der Waals surface area contributed by atoms with E-state index in [1.165, 1.54) is 30.6 Å². The molecule has 3 atom stereocenters. The maximum atomic E-state index is 12.3. The number of aromatic hydroxyl groups is 5. The van der Waals surface area contributed by atoms with E-state index in [9.17, 15) is 59.1 Å². The van der Waals surface area contributed by atoms with Crippen LogP contribution in [0.5, 0.6) is 28.7 Å². The van der Waals surface area contributed by atoms with Crippen LogP contribution in [0.15, 0.2) is 111 Å². The zero-order valence-corrected chi connectivity index (χ0v) is 38.2. The molecule has 0 aliphatic carbocycles. The van der Waals surface area contributed by atoms with Crippen LogP contribution in [0, 0.1) is 0 Å². The fourth-order valence-corrected chi connectivity index (χ4v) is 6.22. The van der Waals surface area contributed by atoms with Crippen LogP contribution in [0.2, 0.25) is 0 Å². The molecular weight excluding hydrogens is 999 g/mol. The van der Waals surface area contributed by atoms with Gasteiger partial charge in [0.05, 0.1) is 30.6 Å². The number of nitrogen functional groups attached to an aromatic ring is 1. The number of carboxylic acids is 2. The summed E-state index contributed by atoms with van der Waals surface area (Å²) in [6.07, 6.45) is 1.09. The van der Waals surface area contributed by atoms with Gasteiger partial charge in [-0.2, -0.15) is 4.98 Å². The molecule has 1 aliphatic heterocycles. The molecule has 75 heavy (non-hydrogen) atoms. The SMILES string of the molecule is NC(=O)c1cccnc1.Nc1nc2ncc(CNc3ccc(C(=O)N[C@@H](CCC(=O)O)C(=O)O)cc3)nc2c(=O)[nH]1.O=C1O[C@H]([C@@H](O)CO)C(O)=C1O.O=c1c(O)c(-c2ccc(O)c(O)c2)oc2cc(O)cc(O)c12. The molecule has 0 radical (unpaired) electrons. The number of aliphatic hydroxyl groups is 4. The number of aromatic amines is 1. The first kappa shape index (κ1) is 55.4. The van der Waals surface area contributed by atoms with Crippen LogP contribution in [0.1, 0.15) is 39.3 Å². The summed E-state index contributed by atoms with van der Waals surface area (Å²) in [5.41, 5.74) is 11.0. The number of rotatable bonds is 13. The number of primary amides is 1. The van der Waals surface area contributed by atoms with Crippen LogP contribution < -0.4 is 33.1 Å². The van der Waals surface area contributed by atoms with E-state index < -0.39 is 94.3 Å². The van der Waals surface area contributed by atoms with Crippen LogP contribution in [0.25, 0.3) is 33.5 Å². The molecule has 29 nitrogen and oxygen atoms in total. The smallest absolute Gasteiger partial charge is 0.377 e. The van der Waals surface area contributed by atoms with Gasteiger partial charge in [0, 0.05) is 47.8 Å². The molecule has 1 aliphatic rings. The molecule has 4 aromatic heterocycles. The van der Waals surface area contributed by atoms with Crippen LogP contribution in [0.3, 0.4) is 0 Å². The Hall–Kier alpha value is -10.6. The Balaban J connectivity index is 0.000000207. The lowest BCUT2D eigenvalue weighted by molar-refractivity contribution is -0.148. The van der Waals surface area contributed by atoms with Gasteiger partial charge in [-0.1, -0.05) is 0 Å². The topological polar surface area (TPSA) is 508 Å². The van der Waals surface area contributed by atoms with Crippen LogP contribution in [-0.4, -0.2) is 136 Å². The number of aliphatic hydroxyl groups excluding tert-OH is 4. The van der Waals surface area contributed by atoms with Crippen molar-refractivity contribution >= 4 is 63.5 Å². The molecule has 0 fully saturated rings. The van der Waals surface area contributed by atoms with Gasteiger partial charge in [0.1, 0.15) is 34.6 Å². The van der Waals surface area contributed by atoms with E-state index >= 15 is 0 Å². The van der Waals surface area contributed by atoms with Gasteiger partial charge in [-0.25, -0.2) is 19.6 Å². The number of ether oxygens (including phenoxy) is 1. The normalized spacial score (nSPS) is 13.4. The zero-order chi connectivity index (χ0) is 55.3. The Labute approximate surface area is 417 Å². The first-order chi connectivity index (χ1) is 35.5. The van der Waals surface area contributed by atoms with Crippen molar-refractivity contribution in [2.24, 2.45) is 5.73 Å². The van der Waals surface area contributed by atoms with Crippen LogP contribution >= 0.6 is 0 Å². The lowest BCUT2D eigenvalue weighted by atomic mass is 10.1. The summed E-state index contributed by atoms with van der Waals surface area (Å²) < 4.78 is 9.67. The Kier molecular flexibility index (Phi) is 18.1. The second-order valence-electron chi connectivity index (χ2n) is 15.3. The maximum absolute atomic E-state index is 12.3. The predicted molar refractivity (Wildman–Crippen MR) is 256 cm³/mol. The van der Waals surface area contributed by atoms with Crippen molar-refractivity contribution in [2.75, 3.05) is 17.7 Å². The number of carbonyl (C=O) groups is 5. The number of carbonyl (C=O) groups excluding carboxylic acids is 3. The van der Waals surface area contributed by atoms with E-state index in [1.807, 2.05) is 0 Å². The van der Waals surface area contributed by atoms with E-state index in [4.69, 9.17) is 46.5 Å². The molecule has 29 heteroatoms. The van der Waals surface area contributed by atoms with E-state index in [0.717, 1.165) is 24.3 Å². The summed E-state index contributed by atoms with van der Waals surface area (Å²) in [4.78, 5) is 97.3. The Bertz CT molecular complexity index is 3420. The van der Waals surface area contributed by atoms with Crippen molar-refractivity contribution < 1.29 is 89.3 Å². The summed E-state index contributed by atoms with van der Waals surface area (Å²) in [7, 11) is 0. The highest BCUT2D eigenvalue weighted by Crippen LogP contribution is 2.37. The molecule has 18 N–H and O–H groups in total. The lowest BCUT2D eigenvalue weighted by Crippen LogP contribution is -2.41.